The van der Waals surface area contributed by atoms with Crippen LogP contribution in [0.4, 0.5) is 0 Å². The van der Waals surface area contributed by atoms with Gasteiger partial charge in [-0.1, -0.05) is 0 Å². The lowest BCUT2D eigenvalue weighted by Gasteiger charge is -2.31. The van der Waals surface area contributed by atoms with E-state index in [1.807, 2.05) is 0 Å². The van der Waals surface area contributed by atoms with Crippen LogP contribution in [0, 0.1) is 5.92 Å². The summed E-state index contributed by atoms with van der Waals surface area (Å²) in [7, 11) is 0. The predicted octanol–water partition coefficient (Wildman–Crippen LogP) is 2.26. The molecule has 0 bridgehead atoms. The second kappa shape index (κ2) is 6.83. The van der Waals surface area contributed by atoms with E-state index in [-0.39, 0.29) is 17.8 Å². The Kier molecular flexibility index (Phi) is 5.11. The molecule has 1 saturated heterocycles. The first kappa shape index (κ1) is 15.0. The fraction of sp³-hybridized carbons (Fsp3) is 0.500. The molecule has 0 unspecified atom stereocenters. The van der Waals surface area contributed by atoms with Crippen molar-refractivity contribution < 1.29 is 14.3 Å². The molecule has 1 aliphatic heterocycles. The summed E-state index contributed by atoms with van der Waals surface area (Å²) in [4.78, 5) is 29.9. The summed E-state index contributed by atoms with van der Waals surface area (Å²) in [6.07, 6.45) is 3.18. The van der Waals surface area contributed by atoms with Crippen molar-refractivity contribution >= 4 is 27.8 Å². The Morgan fingerprint density at radius 1 is 1.50 bits per heavy atom. The van der Waals surface area contributed by atoms with Crippen molar-refractivity contribution in [3.8, 4) is 0 Å². The van der Waals surface area contributed by atoms with Crippen LogP contribution in [-0.2, 0) is 9.53 Å². The average Bonchev–Trinajstić information content (AvgIpc) is 2.48. The van der Waals surface area contributed by atoms with E-state index < -0.39 is 0 Å². The fourth-order valence-electron chi connectivity index (χ4n) is 2.28. The SMILES string of the molecule is CCOC(=O)[C@@H]1CCCN(C(=O)c2ccc(Br)cn2)C1. The lowest BCUT2D eigenvalue weighted by molar-refractivity contribution is -0.149. The monoisotopic (exact) mass is 340 g/mol. The van der Waals surface area contributed by atoms with Gasteiger partial charge in [-0.2, -0.15) is 0 Å². The first-order valence-corrected chi connectivity index (χ1v) is 7.48. The largest absolute Gasteiger partial charge is 0.466 e. The van der Waals surface area contributed by atoms with Gasteiger partial charge in [-0.3, -0.25) is 9.59 Å². The van der Waals surface area contributed by atoms with E-state index in [9.17, 15) is 9.59 Å². The third-order valence-corrected chi connectivity index (χ3v) is 3.74. The number of pyridine rings is 1. The normalized spacial score (nSPS) is 18.7. The first-order valence-electron chi connectivity index (χ1n) is 6.69. The third kappa shape index (κ3) is 3.56. The van der Waals surface area contributed by atoms with Crippen molar-refractivity contribution in [3.05, 3.63) is 28.5 Å². The van der Waals surface area contributed by atoms with Crippen LogP contribution in [0.25, 0.3) is 0 Å². The van der Waals surface area contributed by atoms with Gasteiger partial charge in [-0.15, -0.1) is 0 Å². The Hall–Kier alpha value is -1.43. The van der Waals surface area contributed by atoms with Gasteiger partial charge in [0.2, 0.25) is 0 Å². The molecule has 108 valence electrons. The molecular weight excluding hydrogens is 324 g/mol. The molecule has 0 N–H and O–H groups in total. The molecule has 1 aromatic rings. The molecule has 0 aromatic carbocycles. The molecule has 0 saturated carbocycles. The summed E-state index contributed by atoms with van der Waals surface area (Å²) >= 11 is 3.29. The number of amides is 1. The zero-order valence-corrected chi connectivity index (χ0v) is 12.9. The molecular formula is C14H17BrN2O3. The Morgan fingerprint density at radius 2 is 2.30 bits per heavy atom. The number of ether oxygens (including phenoxy) is 1. The highest BCUT2D eigenvalue weighted by Crippen LogP contribution is 2.20. The van der Waals surface area contributed by atoms with Gasteiger partial charge >= 0.3 is 5.97 Å². The standard InChI is InChI=1S/C14H17BrN2O3/c1-2-20-14(19)10-4-3-7-17(9-10)13(18)12-6-5-11(15)8-16-12/h5-6,8,10H,2-4,7,9H2,1H3/t10-/m1/s1. The number of carbonyl (C=O) groups is 2. The van der Waals surface area contributed by atoms with Crippen LogP contribution in [0.15, 0.2) is 22.8 Å². The minimum absolute atomic E-state index is 0.133. The number of hydrogen-bond acceptors (Lipinski definition) is 4. The quantitative estimate of drug-likeness (QED) is 0.792. The predicted molar refractivity (Wildman–Crippen MR) is 77.2 cm³/mol. The molecule has 1 atom stereocenters. The molecule has 0 aliphatic carbocycles. The van der Waals surface area contributed by atoms with Gasteiger partial charge in [-0.25, -0.2) is 4.98 Å². The number of halogens is 1. The summed E-state index contributed by atoms with van der Waals surface area (Å²) < 4.78 is 5.86. The van der Waals surface area contributed by atoms with E-state index in [1.54, 1.807) is 30.2 Å². The first-order chi connectivity index (χ1) is 9.61. The molecule has 6 heteroatoms. The smallest absolute Gasteiger partial charge is 0.310 e. The zero-order valence-electron chi connectivity index (χ0n) is 11.3. The van der Waals surface area contributed by atoms with E-state index in [2.05, 4.69) is 20.9 Å². The topological polar surface area (TPSA) is 59.5 Å². The van der Waals surface area contributed by atoms with Crippen LogP contribution in [0.1, 0.15) is 30.3 Å². The van der Waals surface area contributed by atoms with Crippen molar-refractivity contribution in [1.82, 2.24) is 9.88 Å². The van der Waals surface area contributed by atoms with E-state index >= 15 is 0 Å². The molecule has 1 aromatic heterocycles. The molecule has 1 amide bonds. The lowest BCUT2D eigenvalue weighted by atomic mass is 9.98. The van der Waals surface area contributed by atoms with Gasteiger partial charge in [0.15, 0.2) is 0 Å². The molecule has 1 fully saturated rings. The molecule has 0 spiro atoms. The van der Waals surface area contributed by atoms with Crippen molar-refractivity contribution in [1.29, 1.82) is 0 Å². The number of hydrogen-bond donors (Lipinski definition) is 0. The fourth-order valence-corrected chi connectivity index (χ4v) is 2.51. The molecule has 1 aliphatic rings. The molecule has 5 nitrogen and oxygen atoms in total. The van der Waals surface area contributed by atoms with Crippen LogP contribution in [-0.4, -0.2) is 41.5 Å². The van der Waals surface area contributed by atoms with E-state index in [1.165, 1.54) is 0 Å². The average molecular weight is 341 g/mol. The Bertz CT molecular complexity index is 490. The molecule has 2 heterocycles. The zero-order chi connectivity index (χ0) is 14.5. The van der Waals surface area contributed by atoms with Gasteiger partial charge in [0, 0.05) is 23.8 Å². The number of piperidine rings is 1. The van der Waals surface area contributed by atoms with Crippen LogP contribution in [0.2, 0.25) is 0 Å². The van der Waals surface area contributed by atoms with Crippen molar-refractivity contribution in [2.24, 2.45) is 5.92 Å². The van der Waals surface area contributed by atoms with Crippen LogP contribution < -0.4 is 0 Å². The van der Waals surface area contributed by atoms with Crippen LogP contribution in [0.3, 0.4) is 0 Å². The summed E-state index contributed by atoms with van der Waals surface area (Å²) in [6, 6.07) is 3.47. The number of esters is 1. The number of carbonyl (C=O) groups excluding carboxylic acids is 2. The van der Waals surface area contributed by atoms with Gasteiger partial charge in [0.1, 0.15) is 5.69 Å². The van der Waals surface area contributed by atoms with Crippen LogP contribution >= 0.6 is 15.9 Å². The van der Waals surface area contributed by atoms with Crippen molar-refractivity contribution in [3.63, 3.8) is 0 Å². The van der Waals surface area contributed by atoms with Crippen LogP contribution in [0.5, 0.6) is 0 Å². The highest BCUT2D eigenvalue weighted by Gasteiger charge is 2.30. The minimum Gasteiger partial charge on any atom is -0.466 e. The second-order valence-electron chi connectivity index (χ2n) is 4.70. The van der Waals surface area contributed by atoms with E-state index in [0.29, 0.717) is 25.4 Å². The summed E-state index contributed by atoms with van der Waals surface area (Å²) in [5.41, 5.74) is 0.401. The summed E-state index contributed by atoms with van der Waals surface area (Å²) in [5, 5.41) is 0. The maximum atomic E-state index is 12.3. The number of likely N-dealkylation sites (tertiary alicyclic amines) is 1. The lowest BCUT2D eigenvalue weighted by Crippen LogP contribution is -2.43. The number of rotatable bonds is 3. The third-order valence-electron chi connectivity index (χ3n) is 3.28. The second-order valence-corrected chi connectivity index (χ2v) is 5.62. The maximum Gasteiger partial charge on any atom is 0.310 e. The molecule has 2 rings (SSSR count). The van der Waals surface area contributed by atoms with E-state index in [4.69, 9.17) is 4.74 Å². The summed E-state index contributed by atoms with van der Waals surface area (Å²) in [5.74, 6) is -0.566. The van der Waals surface area contributed by atoms with Gasteiger partial charge in [0.25, 0.3) is 5.91 Å². The number of nitrogens with zero attached hydrogens (tertiary/aromatic N) is 2. The van der Waals surface area contributed by atoms with Gasteiger partial charge in [0.05, 0.1) is 12.5 Å². The minimum atomic E-state index is -0.219. The van der Waals surface area contributed by atoms with Crippen molar-refractivity contribution in [2.75, 3.05) is 19.7 Å². The van der Waals surface area contributed by atoms with Gasteiger partial charge < -0.3 is 9.64 Å². The van der Waals surface area contributed by atoms with Gasteiger partial charge in [-0.05, 0) is 47.8 Å². The maximum absolute atomic E-state index is 12.3. The van der Waals surface area contributed by atoms with Crippen molar-refractivity contribution in [2.45, 2.75) is 19.8 Å². The van der Waals surface area contributed by atoms with E-state index in [0.717, 1.165) is 17.3 Å². The Morgan fingerprint density at radius 3 is 2.95 bits per heavy atom. The Balaban J connectivity index is 2.03. The number of aromatic nitrogens is 1. The molecule has 20 heavy (non-hydrogen) atoms. The highest BCUT2D eigenvalue weighted by molar-refractivity contribution is 9.10. The summed E-state index contributed by atoms with van der Waals surface area (Å²) in [6.45, 7) is 3.23. The highest BCUT2D eigenvalue weighted by atomic mass is 79.9. The molecule has 0 radical (unpaired) electrons. The Labute approximate surface area is 126 Å².